The predicted octanol–water partition coefficient (Wildman–Crippen LogP) is 1.99. The molecule has 2 atom stereocenters. The molecule has 104 valence electrons. The highest BCUT2D eigenvalue weighted by Crippen LogP contribution is 2.13. The Morgan fingerprint density at radius 3 is 2.74 bits per heavy atom. The van der Waals surface area contributed by atoms with Gasteiger partial charge >= 0.3 is 0 Å². The van der Waals surface area contributed by atoms with Gasteiger partial charge in [0.15, 0.2) is 0 Å². The fraction of sp³-hybridized carbons (Fsp3) is 0.562. The minimum absolute atomic E-state index is 0.0630. The maximum Gasteiger partial charge on any atom is 0.225 e. The van der Waals surface area contributed by atoms with Gasteiger partial charge in [-0.25, -0.2) is 0 Å². The third-order valence-electron chi connectivity index (χ3n) is 3.76. The highest BCUT2D eigenvalue weighted by Gasteiger charge is 2.24. The Balaban J connectivity index is 1.93. The second kappa shape index (κ2) is 6.20. The summed E-state index contributed by atoms with van der Waals surface area (Å²) >= 11 is 0. The van der Waals surface area contributed by atoms with Gasteiger partial charge in [0.25, 0.3) is 0 Å². The SMILES string of the molecule is Cc1ccc(CC(C)C(=O)N2CCN[C@H](C)C2)cc1. The molecule has 1 amide bonds. The van der Waals surface area contributed by atoms with Crippen LogP contribution in [0.3, 0.4) is 0 Å². The lowest BCUT2D eigenvalue weighted by Gasteiger charge is -2.33. The van der Waals surface area contributed by atoms with Gasteiger partial charge in [-0.1, -0.05) is 36.8 Å². The van der Waals surface area contributed by atoms with Crippen LogP contribution in [-0.4, -0.2) is 36.5 Å². The Morgan fingerprint density at radius 2 is 2.11 bits per heavy atom. The van der Waals surface area contributed by atoms with Gasteiger partial charge in [0, 0.05) is 31.6 Å². The molecule has 1 heterocycles. The molecule has 1 unspecified atom stereocenters. The van der Waals surface area contributed by atoms with E-state index in [4.69, 9.17) is 0 Å². The van der Waals surface area contributed by atoms with Crippen molar-refractivity contribution in [2.45, 2.75) is 33.2 Å². The number of benzene rings is 1. The van der Waals surface area contributed by atoms with Gasteiger partial charge in [-0.05, 0) is 25.8 Å². The topological polar surface area (TPSA) is 32.3 Å². The highest BCUT2D eigenvalue weighted by molar-refractivity contribution is 5.79. The molecule has 0 aromatic heterocycles. The van der Waals surface area contributed by atoms with Crippen molar-refractivity contribution >= 4 is 5.91 Å². The fourth-order valence-corrected chi connectivity index (χ4v) is 2.61. The maximum atomic E-state index is 12.4. The Morgan fingerprint density at radius 1 is 1.42 bits per heavy atom. The van der Waals surface area contributed by atoms with Crippen molar-refractivity contribution in [3.63, 3.8) is 0 Å². The molecule has 3 nitrogen and oxygen atoms in total. The molecule has 1 N–H and O–H groups in total. The van der Waals surface area contributed by atoms with Gasteiger partial charge in [0.2, 0.25) is 5.91 Å². The number of rotatable bonds is 3. The first-order chi connectivity index (χ1) is 9.06. The molecule has 1 fully saturated rings. The van der Waals surface area contributed by atoms with Gasteiger partial charge < -0.3 is 10.2 Å². The summed E-state index contributed by atoms with van der Waals surface area (Å²) in [5.41, 5.74) is 2.51. The molecule has 1 aliphatic rings. The quantitative estimate of drug-likeness (QED) is 0.901. The summed E-state index contributed by atoms with van der Waals surface area (Å²) in [4.78, 5) is 14.4. The summed E-state index contributed by atoms with van der Waals surface area (Å²) in [7, 11) is 0. The maximum absolute atomic E-state index is 12.4. The largest absolute Gasteiger partial charge is 0.340 e. The van der Waals surface area contributed by atoms with Gasteiger partial charge in [-0.15, -0.1) is 0 Å². The zero-order valence-corrected chi connectivity index (χ0v) is 12.1. The highest BCUT2D eigenvalue weighted by atomic mass is 16.2. The van der Waals surface area contributed by atoms with E-state index in [0.29, 0.717) is 6.04 Å². The lowest BCUT2D eigenvalue weighted by molar-refractivity contribution is -0.136. The Bertz CT molecular complexity index is 427. The summed E-state index contributed by atoms with van der Waals surface area (Å²) in [5, 5.41) is 3.37. The van der Waals surface area contributed by atoms with E-state index in [1.54, 1.807) is 0 Å². The number of piperazine rings is 1. The van der Waals surface area contributed by atoms with E-state index in [0.717, 1.165) is 26.1 Å². The van der Waals surface area contributed by atoms with Crippen molar-refractivity contribution in [1.29, 1.82) is 0 Å². The van der Waals surface area contributed by atoms with Gasteiger partial charge in [0.05, 0.1) is 0 Å². The summed E-state index contributed by atoms with van der Waals surface area (Å²) in [6.07, 6.45) is 0.831. The van der Waals surface area contributed by atoms with E-state index in [1.807, 2.05) is 11.8 Å². The third-order valence-corrected chi connectivity index (χ3v) is 3.76. The summed E-state index contributed by atoms with van der Waals surface area (Å²) < 4.78 is 0. The van der Waals surface area contributed by atoms with Crippen LogP contribution in [0.4, 0.5) is 0 Å². The van der Waals surface area contributed by atoms with Crippen LogP contribution < -0.4 is 5.32 Å². The van der Waals surface area contributed by atoms with Crippen molar-refractivity contribution in [3.05, 3.63) is 35.4 Å². The molecule has 2 rings (SSSR count). The number of amides is 1. The molecule has 0 saturated carbocycles. The number of carbonyl (C=O) groups excluding carboxylic acids is 1. The number of aryl methyl sites for hydroxylation is 1. The number of nitrogens with zero attached hydrogens (tertiary/aromatic N) is 1. The van der Waals surface area contributed by atoms with E-state index >= 15 is 0 Å². The normalized spacial score (nSPS) is 21.2. The van der Waals surface area contributed by atoms with E-state index in [1.165, 1.54) is 11.1 Å². The van der Waals surface area contributed by atoms with Crippen LogP contribution in [0.1, 0.15) is 25.0 Å². The molecule has 0 bridgehead atoms. The molecule has 3 heteroatoms. The summed E-state index contributed by atoms with van der Waals surface area (Å²) in [5.74, 6) is 0.349. The minimum atomic E-state index is 0.0630. The van der Waals surface area contributed by atoms with Crippen LogP contribution in [0.2, 0.25) is 0 Å². The Labute approximate surface area is 116 Å². The average molecular weight is 260 g/mol. The van der Waals surface area contributed by atoms with Gasteiger partial charge in [-0.2, -0.15) is 0 Å². The van der Waals surface area contributed by atoms with Crippen molar-refractivity contribution in [1.82, 2.24) is 10.2 Å². The third kappa shape index (κ3) is 3.80. The first-order valence-electron chi connectivity index (χ1n) is 7.14. The minimum Gasteiger partial charge on any atom is -0.340 e. The molecule has 0 radical (unpaired) electrons. The number of hydrogen-bond acceptors (Lipinski definition) is 2. The monoisotopic (exact) mass is 260 g/mol. The van der Waals surface area contributed by atoms with E-state index in [9.17, 15) is 4.79 Å². The second-order valence-corrected chi connectivity index (χ2v) is 5.73. The lowest BCUT2D eigenvalue weighted by Crippen LogP contribution is -2.52. The smallest absolute Gasteiger partial charge is 0.225 e. The second-order valence-electron chi connectivity index (χ2n) is 5.73. The predicted molar refractivity (Wildman–Crippen MR) is 78.1 cm³/mol. The number of nitrogens with one attached hydrogen (secondary N) is 1. The zero-order valence-electron chi connectivity index (χ0n) is 12.1. The lowest BCUT2D eigenvalue weighted by atomic mass is 9.98. The molecule has 1 aromatic rings. The van der Waals surface area contributed by atoms with Crippen LogP contribution in [0.15, 0.2) is 24.3 Å². The molecule has 1 aliphatic heterocycles. The van der Waals surface area contributed by atoms with E-state index in [-0.39, 0.29) is 11.8 Å². The molecule has 1 aromatic carbocycles. The Kier molecular flexibility index (Phi) is 4.59. The van der Waals surface area contributed by atoms with Crippen LogP contribution in [0.25, 0.3) is 0 Å². The first-order valence-corrected chi connectivity index (χ1v) is 7.14. The first kappa shape index (κ1) is 14.1. The van der Waals surface area contributed by atoms with Crippen molar-refractivity contribution in [3.8, 4) is 0 Å². The molecule has 19 heavy (non-hydrogen) atoms. The van der Waals surface area contributed by atoms with Crippen LogP contribution in [-0.2, 0) is 11.2 Å². The van der Waals surface area contributed by atoms with Crippen molar-refractivity contribution in [2.75, 3.05) is 19.6 Å². The molecule has 0 spiro atoms. The van der Waals surface area contributed by atoms with Crippen molar-refractivity contribution in [2.24, 2.45) is 5.92 Å². The zero-order chi connectivity index (χ0) is 13.8. The van der Waals surface area contributed by atoms with Crippen LogP contribution in [0, 0.1) is 12.8 Å². The Hall–Kier alpha value is -1.35. The molecule has 1 saturated heterocycles. The van der Waals surface area contributed by atoms with Crippen molar-refractivity contribution < 1.29 is 4.79 Å². The molecular weight excluding hydrogens is 236 g/mol. The summed E-state index contributed by atoms with van der Waals surface area (Å²) in [6, 6.07) is 8.88. The van der Waals surface area contributed by atoms with E-state index in [2.05, 4.69) is 43.4 Å². The fourth-order valence-electron chi connectivity index (χ4n) is 2.61. The molecular formula is C16H24N2O. The molecule has 0 aliphatic carbocycles. The number of carbonyl (C=O) groups is 1. The summed E-state index contributed by atoms with van der Waals surface area (Å²) in [6.45, 7) is 8.82. The van der Waals surface area contributed by atoms with Gasteiger partial charge in [-0.3, -0.25) is 4.79 Å². The standard InChI is InChI=1S/C16H24N2O/c1-12-4-6-15(7-5-12)10-13(2)16(19)18-9-8-17-14(3)11-18/h4-7,13-14,17H,8-11H2,1-3H3/t13?,14-/m1/s1. The van der Waals surface area contributed by atoms with Gasteiger partial charge in [0.1, 0.15) is 0 Å². The number of hydrogen-bond donors (Lipinski definition) is 1. The van der Waals surface area contributed by atoms with Crippen LogP contribution >= 0.6 is 0 Å². The van der Waals surface area contributed by atoms with Crippen LogP contribution in [0.5, 0.6) is 0 Å². The average Bonchev–Trinajstić information content (AvgIpc) is 2.40. The van der Waals surface area contributed by atoms with E-state index < -0.39 is 0 Å².